The molecule has 32 heavy (non-hydrogen) atoms. The fourth-order valence-electron chi connectivity index (χ4n) is 2.93. The van der Waals surface area contributed by atoms with Gasteiger partial charge in [-0.2, -0.15) is 10.1 Å². The molecule has 1 aromatic heterocycles. The van der Waals surface area contributed by atoms with Crippen molar-refractivity contribution in [3.8, 4) is 11.5 Å². The molecular formula is C23H17F2N3O3S. The number of ether oxygens (including phenoxy) is 2. The molecule has 0 unspecified atom stereocenters. The van der Waals surface area contributed by atoms with Crippen molar-refractivity contribution in [2.75, 3.05) is 19.2 Å². The topological polar surface area (TPSA) is 64.0 Å². The van der Waals surface area contributed by atoms with Crippen molar-refractivity contribution in [1.82, 2.24) is 4.98 Å². The SMILES string of the molecule is COc1ccc(C(=O)N(/N=C/c2ccc(F)cc2)c2nc3ccc(F)cc3s2)cc1OC. The first-order chi connectivity index (χ1) is 15.5. The summed E-state index contributed by atoms with van der Waals surface area (Å²) in [4.78, 5) is 17.8. The molecule has 0 saturated carbocycles. The van der Waals surface area contributed by atoms with Gasteiger partial charge in [-0.3, -0.25) is 4.79 Å². The summed E-state index contributed by atoms with van der Waals surface area (Å²) in [6.07, 6.45) is 1.42. The molecule has 0 aliphatic rings. The van der Waals surface area contributed by atoms with Crippen LogP contribution in [0, 0.1) is 11.6 Å². The Labute approximate surface area is 186 Å². The van der Waals surface area contributed by atoms with Crippen molar-refractivity contribution in [2.24, 2.45) is 5.10 Å². The lowest BCUT2D eigenvalue weighted by Gasteiger charge is -2.15. The molecule has 4 aromatic rings. The first kappa shape index (κ1) is 21.4. The number of amides is 1. The van der Waals surface area contributed by atoms with Gasteiger partial charge in [-0.1, -0.05) is 23.5 Å². The lowest BCUT2D eigenvalue weighted by molar-refractivity contribution is 0.0987. The van der Waals surface area contributed by atoms with E-state index in [9.17, 15) is 13.6 Å². The fraction of sp³-hybridized carbons (Fsp3) is 0.0870. The Bertz CT molecular complexity index is 1310. The van der Waals surface area contributed by atoms with E-state index in [1.807, 2.05) is 0 Å². The Balaban J connectivity index is 1.77. The Morgan fingerprint density at radius 2 is 1.69 bits per heavy atom. The average molecular weight is 453 g/mol. The van der Waals surface area contributed by atoms with Gasteiger partial charge in [0.15, 0.2) is 11.5 Å². The molecule has 162 valence electrons. The number of aromatic nitrogens is 1. The Kier molecular flexibility index (Phi) is 6.09. The number of carbonyl (C=O) groups is 1. The number of hydrogen-bond donors (Lipinski definition) is 0. The van der Waals surface area contributed by atoms with Crippen molar-refractivity contribution in [3.05, 3.63) is 83.4 Å². The summed E-state index contributed by atoms with van der Waals surface area (Å²) in [5.74, 6) is -0.411. The number of benzene rings is 3. The van der Waals surface area contributed by atoms with Crippen LogP contribution in [0.3, 0.4) is 0 Å². The van der Waals surface area contributed by atoms with Crippen molar-refractivity contribution in [3.63, 3.8) is 0 Å². The molecular weight excluding hydrogens is 436 g/mol. The van der Waals surface area contributed by atoms with Crippen LogP contribution in [0.1, 0.15) is 15.9 Å². The van der Waals surface area contributed by atoms with E-state index in [0.717, 1.165) is 16.3 Å². The van der Waals surface area contributed by atoms with E-state index in [0.29, 0.717) is 27.3 Å². The van der Waals surface area contributed by atoms with Crippen LogP contribution in [0.25, 0.3) is 10.2 Å². The number of halogens is 2. The number of carbonyl (C=O) groups excluding carboxylic acids is 1. The third kappa shape index (κ3) is 4.42. The number of hydrogen-bond acceptors (Lipinski definition) is 6. The van der Waals surface area contributed by atoms with Crippen LogP contribution in [0.5, 0.6) is 11.5 Å². The van der Waals surface area contributed by atoms with Gasteiger partial charge in [-0.15, -0.1) is 0 Å². The molecule has 6 nitrogen and oxygen atoms in total. The van der Waals surface area contributed by atoms with Crippen LogP contribution in [-0.2, 0) is 0 Å². The van der Waals surface area contributed by atoms with Gasteiger partial charge in [0.05, 0.1) is 30.7 Å². The highest BCUT2D eigenvalue weighted by Gasteiger charge is 2.22. The van der Waals surface area contributed by atoms with E-state index in [1.165, 1.54) is 69.0 Å². The maximum Gasteiger partial charge on any atom is 0.280 e. The van der Waals surface area contributed by atoms with E-state index >= 15 is 0 Å². The van der Waals surface area contributed by atoms with Crippen molar-refractivity contribution >= 4 is 38.8 Å². The first-order valence-electron chi connectivity index (χ1n) is 9.40. The molecule has 0 N–H and O–H groups in total. The molecule has 0 saturated heterocycles. The van der Waals surface area contributed by atoms with Crippen molar-refractivity contribution < 1.29 is 23.0 Å². The van der Waals surface area contributed by atoms with Gasteiger partial charge in [0.2, 0.25) is 5.13 Å². The molecule has 9 heteroatoms. The van der Waals surface area contributed by atoms with E-state index in [4.69, 9.17) is 9.47 Å². The van der Waals surface area contributed by atoms with Gasteiger partial charge in [0.1, 0.15) is 11.6 Å². The molecule has 0 spiro atoms. The number of thiazole rings is 1. The van der Waals surface area contributed by atoms with Crippen LogP contribution in [0.15, 0.2) is 65.8 Å². The Morgan fingerprint density at radius 1 is 0.969 bits per heavy atom. The van der Waals surface area contributed by atoms with Crippen molar-refractivity contribution in [2.45, 2.75) is 0 Å². The van der Waals surface area contributed by atoms with Crippen LogP contribution in [0.2, 0.25) is 0 Å². The third-order valence-corrected chi connectivity index (χ3v) is 5.53. The van der Waals surface area contributed by atoms with Gasteiger partial charge < -0.3 is 9.47 Å². The summed E-state index contributed by atoms with van der Waals surface area (Å²) in [5, 5.41) is 5.68. The lowest BCUT2D eigenvalue weighted by atomic mass is 10.2. The highest BCUT2D eigenvalue weighted by molar-refractivity contribution is 7.22. The van der Waals surface area contributed by atoms with Gasteiger partial charge in [0, 0.05) is 5.56 Å². The minimum atomic E-state index is -0.483. The molecule has 1 amide bonds. The minimum absolute atomic E-state index is 0.253. The molecule has 0 fully saturated rings. The van der Waals surface area contributed by atoms with Crippen LogP contribution < -0.4 is 14.5 Å². The number of methoxy groups -OCH3 is 2. The standard InChI is InChI=1S/C23H17F2N3O3S/c1-30-19-10-5-15(11-20(19)31-2)22(29)28(26-13-14-3-6-16(24)7-4-14)23-27-18-9-8-17(25)12-21(18)32-23/h3-13H,1-2H3/b26-13+. The molecule has 0 bridgehead atoms. The predicted octanol–water partition coefficient (Wildman–Crippen LogP) is 5.27. The summed E-state index contributed by atoms with van der Waals surface area (Å²) in [6.45, 7) is 0. The predicted molar refractivity (Wildman–Crippen MR) is 120 cm³/mol. The Hall–Kier alpha value is -3.85. The number of nitrogens with zero attached hydrogens (tertiary/aromatic N) is 3. The molecule has 4 rings (SSSR count). The van der Waals surface area contributed by atoms with Gasteiger partial charge in [-0.05, 0) is 54.1 Å². The second kappa shape index (κ2) is 9.11. The lowest BCUT2D eigenvalue weighted by Crippen LogP contribution is -2.25. The van der Waals surface area contributed by atoms with E-state index in [2.05, 4.69) is 10.1 Å². The van der Waals surface area contributed by atoms with Crippen molar-refractivity contribution in [1.29, 1.82) is 0 Å². The van der Waals surface area contributed by atoms with E-state index in [1.54, 1.807) is 12.1 Å². The van der Waals surface area contributed by atoms with E-state index < -0.39 is 11.7 Å². The van der Waals surface area contributed by atoms with Gasteiger partial charge in [0.25, 0.3) is 5.91 Å². The van der Waals surface area contributed by atoms with Crippen LogP contribution in [-0.4, -0.2) is 31.3 Å². The summed E-state index contributed by atoms with van der Waals surface area (Å²) >= 11 is 1.12. The summed E-state index contributed by atoms with van der Waals surface area (Å²) < 4.78 is 37.9. The molecule has 0 radical (unpaired) electrons. The number of hydrazone groups is 1. The average Bonchev–Trinajstić information content (AvgIpc) is 3.22. The highest BCUT2D eigenvalue weighted by Crippen LogP contribution is 2.32. The number of fused-ring (bicyclic) bond motifs is 1. The number of anilines is 1. The second-order valence-corrected chi connectivity index (χ2v) is 7.60. The van der Waals surface area contributed by atoms with Crippen LogP contribution >= 0.6 is 11.3 Å². The third-order valence-electron chi connectivity index (χ3n) is 4.54. The monoisotopic (exact) mass is 453 g/mol. The Morgan fingerprint density at radius 3 is 2.41 bits per heavy atom. The summed E-state index contributed by atoms with van der Waals surface area (Å²) in [6, 6.07) is 14.6. The second-order valence-electron chi connectivity index (χ2n) is 6.59. The molecule has 3 aromatic carbocycles. The molecule has 1 heterocycles. The summed E-state index contributed by atoms with van der Waals surface area (Å²) in [7, 11) is 2.97. The highest BCUT2D eigenvalue weighted by atomic mass is 32.1. The maximum absolute atomic E-state index is 13.6. The zero-order valence-corrected chi connectivity index (χ0v) is 17.9. The zero-order chi connectivity index (χ0) is 22.7. The quantitative estimate of drug-likeness (QED) is 0.295. The molecule has 0 aliphatic heterocycles. The minimum Gasteiger partial charge on any atom is -0.493 e. The zero-order valence-electron chi connectivity index (χ0n) is 17.1. The molecule has 0 atom stereocenters. The number of rotatable bonds is 6. The van der Waals surface area contributed by atoms with Gasteiger partial charge in [-0.25, -0.2) is 13.8 Å². The molecule has 0 aliphatic carbocycles. The largest absolute Gasteiger partial charge is 0.493 e. The first-order valence-corrected chi connectivity index (χ1v) is 10.2. The smallest absolute Gasteiger partial charge is 0.280 e. The van der Waals surface area contributed by atoms with E-state index in [-0.39, 0.29) is 16.5 Å². The van der Waals surface area contributed by atoms with Crippen LogP contribution in [0.4, 0.5) is 13.9 Å². The summed E-state index contributed by atoms with van der Waals surface area (Å²) in [5.41, 5.74) is 1.40. The van der Waals surface area contributed by atoms with Gasteiger partial charge >= 0.3 is 0 Å². The normalized spacial score (nSPS) is 11.1. The fourth-order valence-corrected chi connectivity index (χ4v) is 3.88. The maximum atomic E-state index is 13.6.